The van der Waals surface area contributed by atoms with Crippen molar-refractivity contribution in [3.63, 3.8) is 0 Å². The SMILES string of the molecule is Cc1nn(C(=O)CCn2c(C)c(C)[nH]c2=O)cc1N. The molecule has 0 fully saturated rings. The third-order valence-electron chi connectivity index (χ3n) is 3.23. The predicted octanol–water partition coefficient (Wildman–Crippen LogP) is 0.611. The molecule has 0 amide bonds. The number of imidazole rings is 1. The van der Waals surface area contributed by atoms with E-state index in [-0.39, 0.29) is 18.0 Å². The second-order valence-electron chi connectivity index (χ2n) is 4.55. The zero-order valence-corrected chi connectivity index (χ0v) is 11.2. The van der Waals surface area contributed by atoms with Gasteiger partial charge in [-0.05, 0) is 20.8 Å². The van der Waals surface area contributed by atoms with E-state index in [0.717, 1.165) is 11.4 Å². The molecule has 2 heterocycles. The fourth-order valence-electron chi connectivity index (χ4n) is 1.87. The highest BCUT2D eigenvalue weighted by molar-refractivity contribution is 5.78. The summed E-state index contributed by atoms with van der Waals surface area (Å²) in [5, 5.41) is 4.02. The van der Waals surface area contributed by atoms with Crippen molar-refractivity contribution in [2.45, 2.75) is 33.7 Å². The average molecular weight is 263 g/mol. The molecular formula is C12H17N5O2. The summed E-state index contributed by atoms with van der Waals surface area (Å²) in [6.07, 6.45) is 1.69. The number of H-pyrrole nitrogens is 1. The largest absolute Gasteiger partial charge is 0.396 e. The number of aryl methyl sites for hydroxylation is 2. The number of rotatable bonds is 3. The van der Waals surface area contributed by atoms with Crippen LogP contribution in [-0.2, 0) is 6.54 Å². The minimum atomic E-state index is -0.195. The smallest absolute Gasteiger partial charge is 0.325 e. The highest BCUT2D eigenvalue weighted by Gasteiger charge is 2.12. The first-order valence-corrected chi connectivity index (χ1v) is 6.01. The number of aromatic amines is 1. The van der Waals surface area contributed by atoms with E-state index in [0.29, 0.717) is 17.9 Å². The third-order valence-corrected chi connectivity index (χ3v) is 3.23. The lowest BCUT2D eigenvalue weighted by molar-refractivity contribution is 0.0880. The molecule has 0 aliphatic heterocycles. The molecule has 0 aliphatic carbocycles. The predicted molar refractivity (Wildman–Crippen MR) is 71.1 cm³/mol. The lowest BCUT2D eigenvalue weighted by atomic mass is 10.3. The van der Waals surface area contributed by atoms with Crippen LogP contribution in [0.1, 0.15) is 28.3 Å². The van der Waals surface area contributed by atoms with Crippen molar-refractivity contribution < 1.29 is 4.79 Å². The Kier molecular flexibility index (Phi) is 3.28. The van der Waals surface area contributed by atoms with Gasteiger partial charge in [-0.25, -0.2) is 9.48 Å². The van der Waals surface area contributed by atoms with Crippen LogP contribution in [0, 0.1) is 20.8 Å². The number of nitrogens with two attached hydrogens (primary N) is 1. The first kappa shape index (κ1) is 13.1. The molecule has 0 atom stereocenters. The molecule has 0 saturated carbocycles. The number of nitrogens with zero attached hydrogens (tertiary/aromatic N) is 3. The van der Waals surface area contributed by atoms with Crippen LogP contribution in [0.15, 0.2) is 11.0 Å². The van der Waals surface area contributed by atoms with Crippen LogP contribution in [0.25, 0.3) is 0 Å². The number of hydrogen-bond acceptors (Lipinski definition) is 4. The van der Waals surface area contributed by atoms with Crippen LogP contribution in [0.2, 0.25) is 0 Å². The Hall–Kier alpha value is -2.31. The van der Waals surface area contributed by atoms with Gasteiger partial charge in [0.05, 0.1) is 17.6 Å². The van der Waals surface area contributed by atoms with Crippen molar-refractivity contribution in [1.29, 1.82) is 0 Å². The van der Waals surface area contributed by atoms with Crippen LogP contribution in [0.5, 0.6) is 0 Å². The van der Waals surface area contributed by atoms with Gasteiger partial charge >= 0.3 is 5.69 Å². The van der Waals surface area contributed by atoms with Gasteiger partial charge < -0.3 is 10.7 Å². The molecule has 102 valence electrons. The molecule has 0 saturated heterocycles. The molecule has 0 aromatic carbocycles. The molecule has 0 spiro atoms. The summed E-state index contributed by atoms with van der Waals surface area (Å²) < 4.78 is 2.78. The van der Waals surface area contributed by atoms with E-state index in [1.807, 2.05) is 13.8 Å². The summed E-state index contributed by atoms with van der Waals surface area (Å²) in [7, 11) is 0. The third kappa shape index (κ3) is 2.44. The number of nitrogens with one attached hydrogen (secondary N) is 1. The van der Waals surface area contributed by atoms with Crippen LogP contribution in [-0.4, -0.2) is 25.2 Å². The summed E-state index contributed by atoms with van der Waals surface area (Å²) >= 11 is 0. The number of anilines is 1. The van der Waals surface area contributed by atoms with E-state index >= 15 is 0 Å². The maximum Gasteiger partial charge on any atom is 0.325 e. The van der Waals surface area contributed by atoms with Crippen LogP contribution in [0.4, 0.5) is 5.69 Å². The van der Waals surface area contributed by atoms with E-state index in [1.54, 1.807) is 11.5 Å². The van der Waals surface area contributed by atoms with E-state index in [9.17, 15) is 9.59 Å². The Morgan fingerprint density at radius 1 is 1.42 bits per heavy atom. The van der Waals surface area contributed by atoms with Gasteiger partial charge in [0.2, 0.25) is 5.91 Å². The minimum absolute atomic E-state index is 0.190. The number of aromatic nitrogens is 4. The normalized spacial score (nSPS) is 10.9. The Balaban J connectivity index is 2.10. The number of carbonyl (C=O) groups excluding carboxylic acids is 1. The Morgan fingerprint density at radius 3 is 2.58 bits per heavy atom. The van der Waals surface area contributed by atoms with Crippen LogP contribution >= 0.6 is 0 Å². The minimum Gasteiger partial charge on any atom is -0.396 e. The van der Waals surface area contributed by atoms with Gasteiger partial charge in [-0.1, -0.05) is 0 Å². The first-order valence-electron chi connectivity index (χ1n) is 6.01. The van der Waals surface area contributed by atoms with Crippen molar-refractivity contribution in [3.8, 4) is 0 Å². The van der Waals surface area contributed by atoms with Crippen molar-refractivity contribution in [3.05, 3.63) is 33.8 Å². The quantitative estimate of drug-likeness (QED) is 0.847. The molecule has 0 bridgehead atoms. The zero-order valence-electron chi connectivity index (χ0n) is 11.2. The van der Waals surface area contributed by atoms with Gasteiger partial charge in [0.15, 0.2) is 0 Å². The topological polar surface area (TPSA) is 98.7 Å². The summed E-state index contributed by atoms with van der Waals surface area (Å²) in [5.74, 6) is -0.190. The van der Waals surface area contributed by atoms with E-state index in [1.165, 1.54) is 10.9 Å². The monoisotopic (exact) mass is 263 g/mol. The standard InChI is InChI=1S/C12H17N5O2/c1-7-9(3)16(12(19)14-7)5-4-11(18)17-6-10(13)8(2)15-17/h6H,4-5,13H2,1-3H3,(H,14,19). The Morgan fingerprint density at radius 2 is 2.11 bits per heavy atom. The Labute approximate surface area is 110 Å². The highest BCUT2D eigenvalue weighted by atomic mass is 16.2. The molecular weight excluding hydrogens is 246 g/mol. The second kappa shape index (κ2) is 4.75. The van der Waals surface area contributed by atoms with Gasteiger partial charge in [-0.2, -0.15) is 5.10 Å². The lowest BCUT2D eigenvalue weighted by Crippen LogP contribution is -2.21. The first-order chi connectivity index (χ1) is 8.90. The average Bonchev–Trinajstić information content (AvgIpc) is 2.80. The summed E-state index contributed by atoms with van der Waals surface area (Å²) in [5.41, 5.74) is 8.21. The van der Waals surface area contributed by atoms with Gasteiger partial charge in [-0.15, -0.1) is 0 Å². The molecule has 2 aromatic heterocycles. The molecule has 3 N–H and O–H groups in total. The molecule has 0 radical (unpaired) electrons. The molecule has 19 heavy (non-hydrogen) atoms. The van der Waals surface area contributed by atoms with Gasteiger partial charge in [0.1, 0.15) is 0 Å². The molecule has 0 unspecified atom stereocenters. The number of carbonyl (C=O) groups is 1. The fraction of sp³-hybridized carbons (Fsp3) is 0.417. The molecule has 2 rings (SSSR count). The maximum absolute atomic E-state index is 11.9. The van der Waals surface area contributed by atoms with Crippen molar-refractivity contribution in [1.82, 2.24) is 19.3 Å². The Bertz CT molecular complexity index is 657. The van der Waals surface area contributed by atoms with Gasteiger partial charge in [0.25, 0.3) is 0 Å². The van der Waals surface area contributed by atoms with Crippen LogP contribution in [0.3, 0.4) is 0 Å². The summed E-state index contributed by atoms with van der Waals surface area (Å²) in [4.78, 5) is 26.3. The number of nitrogen functional groups attached to an aromatic ring is 1. The van der Waals surface area contributed by atoms with E-state index in [4.69, 9.17) is 5.73 Å². The lowest BCUT2D eigenvalue weighted by Gasteiger charge is -2.04. The number of hydrogen-bond donors (Lipinski definition) is 2. The van der Waals surface area contributed by atoms with Crippen molar-refractivity contribution in [2.75, 3.05) is 5.73 Å². The summed E-state index contributed by atoms with van der Waals surface area (Å²) in [6.45, 7) is 5.73. The molecule has 2 aromatic rings. The van der Waals surface area contributed by atoms with E-state index < -0.39 is 0 Å². The fourth-order valence-corrected chi connectivity index (χ4v) is 1.87. The second-order valence-corrected chi connectivity index (χ2v) is 4.55. The van der Waals surface area contributed by atoms with E-state index in [2.05, 4.69) is 10.1 Å². The van der Waals surface area contributed by atoms with Crippen molar-refractivity contribution >= 4 is 11.6 Å². The maximum atomic E-state index is 11.9. The van der Waals surface area contributed by atoms with Crippen LogP contribution < -0.4 is 11.4 Å². The molecule has 7 nitrogen and oxygen atoms in total. The van der Waals surface area contributed by atoms with Crippen molar-refractivity contribution in [2.24, 2.45) is 0 Å². The molecule has 0 aliphatic rings. The van der Waals surface area contributed by atoms with Gasteiger partial charge in [0, 0.05) is 24.4 Å². The van der Waals surface area contributed by atoms with Gasteiger partial charge in [-0.3, -0.25) is 9.36 Å². The zero-order chi connectivity index (χ0) is 14.2. The highest BCUT2D eigenvalue weighted by Crippen LogP contribution is 2.08. The summed E-state index contributed by atoms with van der Waals surface area (Å²) in [6, 6.07) is 0. The molecule has 7 heteroatoms.